The minimum absolute atomic E-state index is 0.0317. The molecule has 0 radical (unpaired) electrons. The SMILES string of the molecule is CC(=O)Nc1ccc(CN2CCC(C(C)N)CC2)cc1. The summed E-state index contributed by atoms with van der Waals surface area (Å²) < 4.78 is 0. The van der Waals surface area contributed by atoms with Gasteiger partial charge in [-0.2, -0.15) is 0 Å². The van der Waals surface area contributed by atoms with Gasteiger partial charge in [0.2, 0.25) is 5.91 Å². The smallest absolute Gasteiger partial charge is 0.221 e. The Balaban J connectivity index is 1.83. The number of amides is 1. The number of likely N-dealkylation sites (tertiary alicyclic amines) is 1. The Bertz CT molecular complexity index is 434. The number of nitrogens with two attached hydrogens (primary N) is 1. The molecule has 4 heteroatoms. The Hall–Kier alpha value is -1.39. The third-order valence-electron chi connectivity index (χ3n) is 4.06. The van der Waals surface area contributed by atoms with Gasteiger partial charge in [0.05, 0.1) is 0 Å². The van der Waals surface area contributed by atoms with Gasteiger partial charge in [-0.1, -0.05) is 12.1 Å². The number of anilines is 1. The minimum Gasteiger partial charge on any atom is -0.328 e. The lowest BCUT2D eigenvalue weighted by molar-refractivity contribution is -0.114. The van der Waals surface area contributed by atoms with E-state index in [1.807, 2.05) is 12.1 Å². The summed E-state index contributed by atoms with van der Waals surface area (Å²) in [5, 5.41) is 2.79. The van der Waals surface area contributed by atoms with Crippen LogP contribution in [-0.2, 0) is 11.3 Å². The van der Waals surface area contributed by atoms with E-state index in [1.54, 1.807) is 0 Å². The van der Waals surface area contributed by atoms with Crippen LogP contribution >= 0.6 is 0 Å². The lowest BCUT2D eigenvalue weighted by atomic mass is 9.91. The van der Waals surface area contributed by atoms with Crippen molar-refractivity contribution in [2.45, 2.75) is 39.3 Å². The van der Waals surface area contributed by atoms with Crippen LogP contribution in [0.25, 0.3) is 0 Å². The lowest BCUT2D eigenvalue weighted by Gasteiger charge is -2.33. The summed E-state index contributed by atoms with van der Waals surface area (Å²) in [7, 11) is 0. The fourth-order valence-corrected chi connectivity index (χ4v) is 2.79. The van der Waals surface area contributed by atoms with Crippen LogP contribution in [0.2, 0.25) is 0 Å². The molecule has 1 aliphatic heterocycles. The summed E-state index contributed by atoms with van der Waals surface area (Å²) in [4.78, 5) is 13.4. The van der Waals surface area contributed by atoms with E-state index in [0.717, 1.165) is 25.3 Å². The molecule has 1 atom stereocenters. The number of hydrogen-bond acceptors (Lipinski definition) is 3. The molecule has 20 heavy (non-hydrogen) atoms. The Morgan fingerprint density at radius 3 is 2.45 bits per heavy atom. The highest BCUT2D eigenvalue weighted by Gasteiger charge is 2.21. The quantitative estimate of drug-likeness (QED) is 0.885. The summed E-state index contributed by atoms with van der Waals surface area (Å²) in [6.45, 7) is 6.86. The first-order chi connectivity index (χ1) is 9.54. The van der Waals surface area contributed by atoms with Crippen molar-refractivity contribution in [3.8, 4) is 0 Å². The van der Waals surface area contributed by atoms with Crippen molar-refractivity contribution in [3.05, 3.63) is 29.8 Å². The van der Waals surface area contributed by atoms with Crippen molar-refractivity contribution in [1.82, 2.24) is 4.90 Å². The second-order valence-corrected chi connectivity index (χ2v) is 5.85. The van der Waals surface area contributed by atoms with E-state index in [0.29, 0.717) is 12.0 Å². The zero-order valence-corrected chi connectivity index (χ0v) is 12.4. The fraction of sp³-hybridized carbons (Fsp3) is 0.562. The van der Waals surface area contributed by atoms with Crippen LogP contribution in [0.4, 0.5) is 5.69 Å². The predicted octanol–water partition coefficient (Wildman–Crippen LogP) is 2.20. The van der Waals surface area contributed by atoms with Crippen LogP contribution in [0.15, 0.2) is 24.3 Å². The molecule has 0 spiro atoms. The maximum absolute atomic E-state index is 11.0. The molecule has 0 bridgehead atoms. The molecule has 1 heterocycles. The summed E-state index contributed by atoms with van der Waals surface area (Å²) in [5.41, 5.74) is 8.12. The summed E-state index contributed by atoms with van der Waals surface area (Å²) in [6.07, 6.45) is 2.39. The van der Waals surface area contributed by atoms with Gasteiger partial charge in [0.15, 0.2) is 0 Å². The predicted molar refractivity (Wildman–Crippen MR) is 82.4 cm³/mol. The highest BCUT2D eigenvalue weighted by Crippen LogP contribution is 2.21. The van der Waals surface area contributed by atoms with Crippen LogP contribution in [0, 0.1) is 5.92 Å². The van der Waals surface area contributed by atoms with Crippen LogP contribution in [-0.4, -0.2) is 29.9 Å². The van der Waals surface area contributed by atoms with E-state index in [9.17, 15) is 4.79 Å². The molecule has 4 nitrogen and oxygen atoms in total. The molecule has 2 rings (SSSR count). The van der Waals surface area contributed by atoms with Crippen molar-refractivity contribution in [3.63, 3.8) is 0 Å². The average Bonchev–Trinajstić information content (AvgIpc) is 2.41. The molecular weight excluding hydrogens is 250 g/mol. The number of piperidine rings is 1. The number of nitrogens with one attached hydrogen (secondary N) is 1. The van der Waals surface area contributed by atoms with Gasteiger partial charge >= 0.3 is 0 Å². The average molecular weight is 275 g/mol. The molecule has 1 saturated heterocycles. The lowest BCUT2D eigenvalue weighted by Crippen LogP contribution is -2.39. The molecule has 110 valence electrons. The molecule has 0 aromatic heterocycles. The molecule has 1 amide bonds. The van der Waals surface area contributed by atoms with Crippen LogP contribution < -0.4 is 11.1 Å². The second-order valence-electron chi connectivity index (χ2n) is 5.85. The Kier molecular flexibility index (Phi) is 5.15. The number of hydrogen-bond donors (Lipinski definition) is 2. The molecule has 1 unspecified atom stereocenters. The van der Waals surface area contributed by atoms with Gasteiger partial charge < -0.3 is 11.1 Å². The van der Waals surface area contributed by atoms with Crippen LogP contribution in [0.1, 0.15) is 32.3 Å². The normalized spacial score (nSPS) is 18.8. The van der Waals surface area contributed by atoms with Crippen molar-refractivity contribution in [1.29, 1.82) is 0 Å². The maximum atomic E-state index is 11.0. The fourth-order valence-electron chi connectivity index (χ4n) is 2.79. The van der Waals surface area contributed by atoms with Gasteiger partial charge in [-0.25, -0.2) is 0 Å². The van der Waals surface area contributed by atoms with Crippen molar-refractivity contribution < 1.29 is 4.79 Å². The van der Waals surface area contributed by atoms with E-state index >= 15 is 0 Å². The van der Waals surface area contributed by atoms with Crippen molar-refractivity contribution >= 4 is 11.6 Å². The molecule has 0 aliphatic carbocycles. The number of nitrogens with zero attached hydrogens (tertiary/aromatic N) is 1. The number of rotatable bonds is 4. The summed E-state index contributed by atoms with van der Waals surface area (Å²) in [5.74, 6) is 0.643. The van der Waals surface area contributed by atoms with Crippen LogP contribution in [0.5, 0.6) is 0 Å². The number of carbonyl (C=O) groups is 1. The van der Waals surface area contributed by atoms with Gasteiger partial charge in [0.1, 0.15) is 0 Å². The van der Waals surface area contributed by atoms with Gasteiger partial charge in [-0.05, 0) is 56.5 Å². The van der Waals surface area contributed by atoms with Crippen molar-refractivity contribution in [2.75, 3.05) is 18.4 Å². The summed E-state index contributed by atoms with van der Waals surface area (Å²) in [6, 6.07) is 8.41. The standard InChI is InChI=1S/C16H25N3O/c1-12(17)15-7-9-19(10-8-15)11-14-3-5-16(6-4-14)18-13(2)20/h3-6,12,15H,7-11,17H2,1-2H3,(H,18,20). The van der Waals surface area contributed by atoms with E-state index in [1.165, 1.54) is 25.3 Å². The van der Waals surface area contributed by atoms with Gasteiger partial charge in [-0.3, -0.25) is 9.69 Å². The number of benzene rings is 1. The molecule has 1 fully saturated rings. The van der Waals surface area contributed by atoms with Gasteiger partial charge in [0, 0.05) is 25.2 Å². The molecule has 1 aliphatic rings. The third-order valence-corrected chi connectivity index (χ3v) is 4.06. The first-order valence-corrected chi connectivity index (χ1v) is 7.39. The number of carbonyl (C=O) groups excluding carboxylic acids is 1. The molecule has 1 aromatic rings. The first-order valence-electron chi connectivity index (χ1n) is 7.39. The highest BCUT2D eigenvalue weighted by molar-refractivity contribution is 5.88. The molecule has 0 saturated carbocycles. The van der Waals surface area contributed by atoms with E-state index in [4.69, 9.17) is 5.73 Å². The molecular formula is C16H25N3O. The van der Waals surface area contributed by atoms with E-state index < -0.39 is 0 Å². The van der Waals surface area contributed by atoms with E-state index in [2.05, 4.69) is 29.3 Å². The topological polar surface area (TPSA) is 58.4 Å². The van der Waals surface area contributed by atoms with Gasteiger partial charge in [0.25, 0.3) is 0 Å². The van der Waals surface area contributed by atoms with E-state index in [-0.39, 0.29) is 5.91 Å². The zero-order chi connectivity index (χ0) is 14.5. The Morgan fingerprint density at radius 2 is 1.95 bits per heavy atom. The second kappa shape index (κ2) is 6.86. The maximum Gasteiger partial charge on any atom is 0.221 e. The van der Waals surface area contributed by atoms with Gasteiger partial charge in [-0.15, -0.1) is 0 Å². The third kappa shape index (κ3) is 4.32. The molecule has 1 aromatic carbocycles. The van der Waals surface area contributed by atoms with Crippen LogP contribution in [0.3, 0.4) is 0 Å². The monoisotopic (exact) mass is 275 g/mol. The highest BCUT2D eigenvalue weighted by atomic mass is 16.1. The first kappa shape index (κ1) is 15.0. The molecule has 3 N–H and O–H groups in total. The zero-order valence-electron chi connectivity index (χ0n) is 12.4. The summed E-state index contributed by atoms with van der Waals surface area (Å²) >= 11 is 0. The van der Waals surface area contributed by atoms with Crippen molar-refractivity contribution in [2.24, 2.45) is 11.7 Å². The largest absolute Gasteiger partial charge is 0.328 e. The Labute approximate surface area is 121 Å². The minimum atomic E-state index is -0.0317. The Morgan fingerprint density at radius 1 is 1.35 bits per heavy atom.